The monoisotopic (exact) mass is 358 g/mol. The van der Waals surface area contributed by atoms with Gasteiger partial charge in [-0.15, -0.1) is 0 Å². The van der Waals surface area contributed by atoms with Crippen molar-refractivity contribution in [2.24, 2.45) is 5.41 Å². The van der Waals surface area contributed by atoms with E-state index in [0.29, 0.717) is 10.2 Å². The molecule has 2 aliphatic rings. The van der Waals surface area contributed by atoms with Crippen LogP contribution in [0.2, 0.25) is 0 Å². The first-order chi connectivity index (χ1) is 8.11. The highest BCUT2D eigenvalue weighted by molar-refractivity contribution is 9.10. The quantitative estimate of drug-likeness (QED) is 0.722. The minimum Gasteiger partial charge on any atom is -0.493 e. The lowest BCUT2D eigenvalue weighted by atomic mass is 9.92. The molecule has 1 aromatic rings. The number of ether oxygens (including phenoxy) is 1. The summed E-state index contributed by atoms with van der Waals surface area (Å²) in [5.41, 5.74) is 3.23. The summed E-state index contributed by atoms with van der Waals surface area (Å²) in [6, 6.07) is 4.43. The van der Waals surface area contributed by atoms with Gasteiger partial charge in [-0.3, -0.25) is 0 Å². The van der Waals surface area contributed by atoms with Crippen LogP contribution >= 0.6 is 31.9 Å². The summed E-state index contributed by atoms with van der Waals surface area (Å²) in [5, 5.41) is 0. The van der Waals surface area contributed by atoms with Crippen LogP contribution < -0.4 is 4.74 Å². The van der Waals surface area contributed by atoms with Gasteiger partial charge in [0.05, 0.1) is 6.61 Å². The van der Waals surface area contributed by atoms with Crippen molar-refractivity contribution < 1.29 is 4.74 Å². The van der Waals surface area contributed by atoms with E-state index in [1.165, 1.54) is 28.4 Å². The molecule has 0 radical (unpaired) electrons. The lowest BCUT2D eigenvalue weighted by Gasteiger charge is -2.20. The fourth-order valence-electron chi connectivity index (χ4n) is 2.73. The summed E-state index contributed by atoms with van der Waals surface area (Å²) in [6.07, 6.45) is 4.86. The van der Waals surface area contributed by atoms with Gasteiger partial charge in [0.15, 0.2) is 0 Å². The maximum atomic E-state index is 5.80. The number of hydrogen-bond acceptors (Lipinski definition) is 1. The Hall–Kier alpha value is -0.0200. The van der Waals surface area contributed by atoms with E-state index in [2.05, 4.69) is 50.9 Å². The Kier molecular flexibility index (Phi) is 3.02. The zero-order chi connectivity index (χ0) is 12.0. The maximum Gasteiger partial charge on any atom is 0.125 e. The Morgan fingerprint density at radius 3 is 2.82 bits per heavy atom. The molecule has 1 heterocycles. The molecule has 1 saturated carbocycles. The predicted octanol–water partition coefficient (Wildman–Crippen LogP) is 4.49. The van der Waals surface area contributed by atoms with Gasteiger partial charge in [0.1, 0.15) is 5.75 Å². The number of alkyl halides is 1. The van der Waals surface area contributed by atoms with E-state index in [4.69, 9.17) is 4.74 Å². The molecule has 3 rings (SSSR count). The van der Waals surface area contributed by atoms with Gasteiger partial charge >= 0.3 is 0 Å². The van der Waals surface area contributed by atoms with Crippen molar-refractivity contribution in [3.63, 3.8) is 0 Å². The van der Waals surface area contributed by atoms with E-state index in [0.717, 1.165) is 25.2 Å². The number of fused-ring (bicyclic) bond motifs is 1. The second-order valence-corrected chi connectivity index (χ2v) is 7.60. The minimum absolute atomic E-state index is 0.473. The molecule has 1 aliphatic heterocycles. The molecule has 1 aliphatic carbocycles. The van der Waals surface area contributed by atoms with E-state index >= 15 is 0 Å². The number of halogens is 2. The van der Waals surface area contributed by atoms with Crippen LogP contribution in [0.4, 0.5) is 0 Å². The second-order valence-electron chi connectivity index (χ2n) is 5.31. The first kappa shape index (κ1) is 12.0. The zero-order valence-corrected chi connectivity index (χ0v) is 13.1. The van der Waals surface area contributed by atoms with Crippen molar-refractivity contribution in [2.75, 3.05) is 6.61 Å². The van der Waals surface area contributed by atoms with Crippen LogP contribution in [0.5, 0.6) is 5.75 Å². The SMILES string of the molecule is CC(Br)C1(Cc2cc(Br)cc3c2OCC3)CC1. The Labute approximate surface area is 119 Å². The molecule has 0 aromatic heterocycles. The largest absolute Gasteiger partial charge is 0.493 e. The lowest BCUT2D eigenvalue weighted by molar-refractivity contribution is 0.349. The van der Waals surface area contributed by atoms with Gasteiger partial charge < -0.3 is 4.74 Å². The Balaban J connectivity index is 1.93. The van der Waals surface area contributed by atoms with Gasteiger partial charge in [0, 0.05) is 15.7 Å². The zero-order valence-electron chi connectivity index (χ0n) is 9.93. The van der Waals surface area contributed by atoms with Gasteiger partial charge in [-0.1, -0.05) is 38.8 Å². The predicted molar refractivity (Wildman–Crippen MR) is 77.1 cm³/mol. The van der Waals surface area contributed by atoms with E-state index in [-0.39, 0.29) is 0 Å². The van der Waals surface area contributed by atoms with Gasteiger partial charge in [-0.2, -0.15) is 0 Å². The third kappa shape index (κ3) is 2.17. The van der Waals surface area contributed by atoms with Crippen LogP contribution in [0.1, 0.15) is 30.9 Å². The molecule has 1 nitrogen and oxygen atoms in total. The normalized spacial score (nSPS) is 21.8. The topological polar surface area (TPSA) is 9.23 Å². The Morgan fingerprint density at radius 1 is 1.41 bits per heavy atom. The van der Waals surface area contributed by atoms with Crippen LogP contribution in [0.15, 0.2) is 16.6 Å². The third-order valence-electron chi connectivity index (χ3n) is 4.10. The third-order valence-corrected chi connectivity index (χ3v) is 5.53. The van der Waals surface area contributed by atoms with Gasteiger partial charge in [-0.25, -0.2) is 0 Å². The Bertz CT molecular complexity index is 450. The molecule has 0 saturated heterocycles. The number of rotatable bonds is 3. The van der Waals surface area contributed by atoms with Crippen LogP contribution in [-0.2, 0) is 12.8 Å². The number of benzene rings is 1. The van der Waals surface area contributed by atoms with Crippen LogP contribution in [0, 0.1) is 5.41 Å². The first-order valence-corrected chi connectivity index (χ1v) is 7.90. The molecule has 3 heteroatoms. The molecule has 92 valence electrons. The van der Waals surface area contributed by atoms with Crippen LogP contribution in [0.25, 0.3) is 0 Å². The summed E-state index contributed by atoms with van der Waals surface area (Å²) in [4.78, 5) is 0.589. The summed E-state index contributed by atoms with van der Waals surface area (Å²) >= 11 is 7.38. The molecule has 0 N–H and O–H groups in total. The van der Waals surface area contributed by atoms with E-state index in [1.54, 1.807) is 0 Å². The highest BCUT2D eigenvalue weighted by atomic mass is 79.9. The van der Waals surface area contributed by atoms with Crippen molar-refractivity contribution >= 4 is 31.9 Å². The minimum atomic E-state index is 0.473. The van der Waals surface area contributed by atoms with Gasteiger partial charge in [-0.05, 0) is 47.9 Å². The highest BCUT2D eigenvalue weighted by Crippen LogP contribution is 2.55. The highest BCUT2D eigenvalue weighted by Gasteiger charge is 2.46. The molecule has 0 amide bonds. The summed E-state index contributed by atoms with van der Waals surface area (Å²) < 4.78 is 6.99. The molecular weight excluding hydrogens is 344 g/mol. The molecule has 0 bridgehead atoms. The fourth-order valence-corrected chi connectivity index (χ4v) is 3.90. The molecule has 1 unspecified atom stereocenters. The average Bonchev–Trinajstić information content (AvgIpc) is 2.88. The molecule has 0 spiro atoms. The summed E-state index contributed by atoms with van der Waals surface area (Å²) in [7, 11) is 0. The van der Waals surface area contributed by atoms with Crippen molar-refractivity contribution in [2.45, 2.75) is 37.4 Å². The Morgan fingerprint density at radius 2 is 2.18 bits per heavy atom. The van der Waals surface area contributed by atoms with Crippen molar-refractivity contribution in [3.8, 4) is 5.75 Å². The smallest absolute Gasteiger partial charge is 0.125 e. The molecule has 1 atom stereocenters. The molecule has 1 aromatic carbocycles. The molecular formula is C14H16Br2O. The maximum absolute atomic E-state index is 5.80. The lowest BCUT2D eigenvalue weighted by Crippen LogP contribution is -2.15. The van der Waals surface area contributed by atoms with Crippen molar-refractivity contribution in [1.82, 2.24) is 0 Å². The van der Waals surface area contributed by atoms with Gasteiger partial charge in [0.2, 0.25) is 0 Å². The summed E-state index contributed by atoms with van der Waals surface area (Å²) in [5.74, 6) is 1.16. The van der Waals surface area contributed by atoms with E-state index in [1.807, 2.05) is 0 Å². The van der Waals surface area contributed by atoms with Crippen LogP contribution in [-0.4, -0.2) is 11.4 Å². The number of hydrogen-bond donors (Lipinski definition) is 0. The van der Waals surface area contributed by atoms with E-state index in [9.17, 15) is 0 Å². The fraction of sp³-hybridized carbons (Fsp3) is 0.571. The summed E-state index contributed by atoms with van der Waals surface area (Å²) in [6.45, 7) is 3.11. The van der Waals surface area contributed by atoms with Crippen LogP contribution in [0.3, 0.4) is 0 Å². The molecule has 17 heavy (non-hydrogen) atoms. The standard InChI is InChI=1S/C14H16Br2O/c1-9(15)14(3-4-14)8-11-7-12(16)6-10-2-5-17-13(10)11/h6-7,9H,2-5,8H2,1H3. The van der Waals surface area contributed by atoms with Crippen molar-refractivity contribution in [3.05, 3.63) is 27.7 Å². The van der Waals surface area contributed by atoms with Crippen molar-refractivity contribution in [1.29, 1.82) is 0 Å². The first-order valence-electron chi connectivity index (χ1n) is 6.19. The van der Waals surface area contributed by atoms with Gasteiger partial charge in [0.25, 0.3) is 0 Å². The van der Waals surface area contributed by atoms with E-state index < -0.39 is 0 Å². The second kappa shape index (κ2) is 4.27. The average molecular weight is 360 g/mol. The molecule has 1 fully saturated rings.